The van der Waals surface area contributed by atoms with E-state index in [-0.39, 0.29) is 36.0 Å². The number of H-pyrrole nitrogens is 1. The second-order valence-electron chi connectivity index (χ2n) is 8.71. The van der Waals surface area contributed by atoms with E-state index < -0.39 is 10.0 Å². The standard InChI is InChI=1S/C25H37N5O5S/c1-5-8-9-10-11-22-26-18(4)23-25(32)27-24(28-30(22)23)20-17-19(12-13-21(20)35-7-3)36(33,34)29(14-6-2)15-16-31/h12-13,17,31H,5-11,14-16H2,1-4H3,(H,27,28,32). The predicted molar refractivity (Wildman–Crippen MR) is 139 cm³/mol. The molecule has 0 bridgehead atoms. The Morgan fingerprint density at radius 1 is 1.11 bits per heavy atom. The van der Waals surface area contributed by atoms with Crippen LogP contribution < -0.4 is 10.3 Å². The molecule has 11 heteroatoms. The van der Waals surface area contributed by atoms with E-state index in [4.69, 9.17) is 4.74 Å². The molecule has 0 saturated carbocycles. The molecule has 2 N–H and O–H groups in total. The van der Waals surface area contributed by atoms with Crippen molar-refractivity contribution in [3.8, 4) is 17.1 Å². The van der Waals surface area contributed by atoms with Gasteiger partial charge in [-0.05, 0) is 44.9 Å². The van der Waals surface area contributed by atoms with Crippen molar-refractivity contribution in [3.05, 3.63) is 40.1 Å². The van der Waals surface area contributed by atoms with Gasteiger partial charge in [-0.3, -0.25) is 4.79 Å². The number of rotatable bonds is 14. The summed E-state index contributed by atoms with van der Waals surface area (Å²) in [4.78, 5) is 20.5. The number of aryl methyl sites for hydroxylation is 2. The Morgan fingerprint density at radius 2 is 1.89 bits per heavy atom. The third-order valence-electron chi connectivity index (χ3n) is 5.96. The number of benzene rings is 1. The number of fused-ring (bicyclic) bond motifs is 1. The van der Waals surface area contributed by atoms with Crippen LogP contribution in [0.4, 0.5) is 0 Å². The highest BCUT2D eigenvalue weighted by Crippen LogP contribution is 2.31. The summed E-state index contributed by atoms with van der Waals surface area (Å²) in [5.41, 5.74) is 0.985. The number of hydrogen-bond donors (Lipinski definition) is 2. The highest BCUT2D eigenvalue weighted by Gasteiger charge is 2.26. The van der Waals surface area contributed by atoms with E-state index in [1.165, 1.54) is 16.4 Å². The average Bonchev–Trinajstić information content (AvgIpc) is 3.17. The molecule has 36 heavy (non-hydrogen) atoms. The molecule has 2 heterocycles. The topological polar surface area (TPSA) is 130 Å². The molecule has 0 spiro atoms. The fourth-order valence-corrected chi connectivity index (χ4v) is 5.78. The van der Waals surface area contributed by atoms with E-state index in [1.54, 1.807) is 17.5 Å². The van der Waals surface area contributed by atoms with Crippen molar-refractivity contribution < 1.29 is 18.3 Å². The van der Waals surface area contributed by atoms with Crippen molar-refractivity contribution in [3.63, 3.8) is 0 Å². The van der Waals surface area contributed by atoms with Crippen molar-refractivity contribution >= 4 is 15.5 Å². The zero-order valence-corrected chi connectivity index (χ0v) is 22.4. The Balaban J connectivity index is 2.14. The van der Waals surface area contributed by atoms with Gasteiger partial charge in [0.25, 0.3) is 5.56 Å². The Kier molecular flexibility index (Phi) is 9.63. The lowest BCUT2D eigenvalue weighted by molar-refractivity contribution is 0.253. The van der Waals surface area contributed by atoms with Gasteiger partial charge in [-0.15, -0.1) is 5.10 Å². The van der Waals surface area contributed by atoms with Crippen LogP contribution in [-0.4, -0.2) is 63.7 Å². The smallest absolute Gasteiger partial charge is 0.277 e. The summed E-state index contributed by atoms with van der Waals surface area (Å²) in [5.74, 6) is 1.30. The van der Waals surface area contributed by atoms with Crippen LogP contribution >= 0.6 is 0 Å². The highest BCUT2D eigenvalue weighted by molar-refractivity contribution is 7.89. The zero-order valence-electron chi connectivity index (χ0n) is 21.6. The molecule has 0 fully saturated rings. The molecular weight excluding hydrogens is 482 g/mol. The van der Waals surface area contributed by atoms with E-state index in [1.807, 2.05) is 13.8 Å². The fraction of sp³-hybridized carbons (Fsp3) is 0.560. The lowest BCUT2D eigenvalue weighted by Gasteiger charge is -2.21. The Labute approximate surface area is 212 Å². The number of hydrogen-bond acceptors (Lipinski definition) is 7. The normalized spacial score (nSPS) is 12.1. The van der Waals surface area contributed by atoms with Crippen molar-refractivity contribution in [2.75, 3.05) is 26.3 Å². The molecule has 3 rings (SSSR count). The molecule has 0 aliphatic carbocycles. The van der Waals surface area contributed by atoms with Crippen molar-refractivity contribution in [1.82, 2.24) is 23.9 Å². The maximum Gasteiger partial charge on any atom is 0.277 e. The van der Waals surface area contributed by atoms with Gasteiger partial charge >= 0.3 is 0 Å². The van der Waals surface area contributed by atoms with Gasteiger partial charge < -0.3 is 14.8 Å². The quantitative estimate of drug-likeness (QED) is 0.313. The lowest BCUT2D eigenvalue weighted by atomic mass is 10.1. The van der Waals surface area contributed by atoms with Gasteiger partial charge in [0.2, 0.25) is 10.0 Å². The molecule has 3 aromatic rings. The number of aliphatic hydroxyl groups is 1. The van der Waals surface area contributed by atoms with Gasteiger partial charge in [0.1, 0.15) is 11.6 Å². The van der Waals surface area contributed by atoms with E-state index in [0.717, 1.165) is 25.7 Å². The number of sulfonamides is 1. The molecule has 0 atom stereocenters. The fourth-order valence-electron chi connectivity index (χ4n) is 4.23. The van der Waals surface area contributed by atoms with Gasteiger partial charge in [-0.2, -0.15) is 4.31 Å². The minimum atomic E-state index is -3.88. The lowest BCUT2D eigenvalue weighted by Crippen LogP contribution is -2.34. The number of ether oxygens (including phenoxy) is 1. The number of aromatic nitrogens is 4. The van der Waals surface area contributed by atoms with Gasteiger partial charge in [0.15, 0.2) is 11.3 Å². The molecule has 0 unspecified atom stereocenters. The molecule has 10 nitrogen and oxygen atoms in total. The molecule has 0 saturated heterocycles. The van der Waals surface area contributed by atoms with Crippen LogP contribution in [0.3, 0.4) is 0 Å². The average molecular weight is 520 g/mol. The monoisotopic (exact) mass is 519 g/mol. The van der Waals surface area contributed by atoms with Crippen LogP contribution in [0.5, 0.6) is 5.75 Å². The number of unbranched alkanes of at least 4 members (excludes halogenated alkanes) is 3. The summed E-state index contributed by atoms with van der Waals surface area (Å²) >= 11 is 0. The van der Waals surface area contributed by atoms with Gasteiger partial charge in [-0.25, -0.2) is 17.9 Å². The van der Waals surface area contributed by atoms with Crippen molar-refractivity contribution in [2.45, 2.75) is 71.1 Å². The molecule has 1 aromatic carbocycles. The van der Waals surface area contributed by atoms with Crippen LogP contribution in [0.2, 0.25) is 0 Å². The second kappa shape index (κ2) is 12.5. The van der Waals surface area contributed by atoms with E-state index in [2.05, 4.69) is 22.0 Å². The molecule has 198 valence electrons. The van der Waals surface area contributed by atoms with Crippen LogP contribution in [0.1, 0.15) is 64.4 Å². The number of aromatic amines is 1. The predicted octanol–water partition coefficient (Wildman–Crippen LogP) is 3.31. The van der Waals surface area contributed by atoms with Crippen LogP contribution in [-0.2, 0) is 16.4 Å². The summed E-state index contributed by atoms with van der Waals surface area (Å²) in [6.45, 7) is 7.98. The van der Waals surface area contributed by atoms with Crippen molar-refractivity contribution in [1.29, 1.82) is 0 Å². The number of imidazole rings is 1. The Bertz CT molecular complexity index is 1330. The molecular formula is C25H37N5O5S. The first-order valence-electron chi connectivity index (χ1n) is 12.6. The van der Waals surface area contributed by atoms with Crippen LogP contribution in [0, 0.1) is 6.92 Å². The van der Waals surface area contributed by atoms with E-state index >= 15 is 0 Å². The SMILES string of the molecule is CCCCCCc1nc(C)c2c(=O)[nH]c(-c3cc(S(=O)(=O)N(CCC)CCO)ccc3OCC)nn12. The van der Waals surface area contributed by atoms with Crippen LogP contribution in [0.25, 0.3) is 16.9 Å². The minimum absolute atomic E-state index is 0.00450. The summed E-state index contributed by atoms with van der Waals surface area (Å²) in [7, 11) is -3.88. The molecule has 0 amide bonds. The summed E-state index contributed by atoms with van der Waals surface area (Å²) in [5, 5.41) is 14.1. The first-order chi connectivity index (χ1) is 17.3. The molecule has 0 aliphatic rings. The Morgan fingerprint density at radius 3 is 2.56 bits per heavy atom. The molecule has 0 radical (unpaired) electrons. The van der Waals surface area contributed by atoms with Gasteiger partial charge in [-0.1, -0.05) is 33.1 Å². The number of nitrogens with one attached hydrogen (secondary N) is 1. The summed E-state index contributed by atoms with van der Waals surface area (Å²) in [6, 6.07) is 4.51. The third-order valence-corrected chi connectivity index (χ3v) is 7.86. The van der Waals surface area contributed by atoms with Crippen molar-refractivity contribution in [2.24, 2.45) is 0 Å². The van der Waals surface area contributed by atoms with Crippen LogP contribution in [0.15, 0.2) is 27.9 Å². The largest absolute Gasteiger partial charge is 0.493 e. The number of aliphatic hydroxyl groups excluding tert-OH is 1. The maximum absolute atomic E-state index is 13.3. The maximum atomic E-state index is 13.3. The molecule has 2 aromatic heterocycles. The molecule has 0 aliphatic heterocycles. The Hall–Kier alpha value is -2.76. The van der Waals surface area contributed by atoms with Gasteiger partial charge in [0.05, 0.1) is 29.4 Å². The van der Waals surface area contributed by atoms with E-state index in [0.29, 0.717) is 47.8 Å². The number of nitrogens with zero attached hydrogens (tertiary/aromatic N) is 4. The summed E-state index contributed by atoms with van der Waals surface area (Å²) in [6.07, 6.45) is 5.55. The summed E-state index contributed by atoms with van der Waals surface area (Å²) < 4.78 is 35.3. The first-order valence-corrected chi connectivity index (χ1v) is 14.1. The first kappa shape index (κ1) is 27.8. The van der Waals surface area contributed by atoms with Gasteiger partial charge in [0, 0.05) is 19.5 Å². The minimum Gasteiger partial charge on any atom is -0.493 e. The second-order valence-corrected chi connectivity index (χ2v) is 10.6. The zero-order chi connectivity index (χ0) is 26.3. The third kappa shape index (κ3) is 5.96. The van der Waals surface area contributed by atoms with E-state index in [9.17, 15) is 18.3 Å². The highest BCUT2D eigenvalue weighted by atomic mass is 32.2.